The van der Waals surface area contributed by atoms with E-state index in [1.54, 1.807) is 0 Å². The van der Waals surface area contributed by atoms with Gasteiger partial charge in [0, 0.05) is 5.41 Å². The van der Waals surface area contributed by atoms with Crippen molar-refractivity contribution in [1.29, 1.82) is 0 Å². The van der Waals surface area contributed by atoms with E-state index in [1.165, 1.54) is 0 Å². The maximum atomic E-state index is 6.01. The molecular weight excluding hydrogens is 147 g/mol. The Morgan fingerprint density at radius 3 is 2.42 bits per heavy atom. The van der Waals surface area contributed by atoms with Gasteiger partial charge in [-0.25, -0.2) is 0 Å². The number of ether oxygens (including phenoxy) is 1. The zero-order valence-electron chi connectivity index (χ0n) is 8.21. The zero-order chi connectivity index (χ0) is 8.93. The van der Waals surface area contributed by atoms with Crippen LogP contribution in [0.3, 0.4) is 0 Å². The first kappa shape index (κ1) is 8.62. The van der Waals surface area contributed by atoms with Crippen LogP contribution >= 0.6 is 0 Å². The van der Waals surface area contributed by atoms with Gasteiger partial charge in [-0.2, -0.15) is 0 Å². The molecule has 2 bridgehead atoms. The van der Waals surface area contributed by atoms with Crippen LogP contribution in [0.15, 0.2) is 0 Å². The van der Waals surface area contributed by atoms with Crippen molar-refractivity contribution in [2.45, 2.75) is 39.1 Å². The third kappa shape index (κ3) is 0.848. The van der Waals surface area contributed by atoms with Crippen LogP contribution in [-0.4, -0.2) is 20.6 Å². The van der Waals surface area contributed by atoms with Gasteiger partial charge < -0.3 is 4.74 Å². The zero-order valence-corrected chi connectivity index (χ0v) is 8.21. The van der Waals surface area contributed by atoms with Crippen LogP contribution in [-0.2, 0) is 4.74 Å². The molecule has 4 atom stereocenters. The minimum Gasteiger partial charge on any atom is -0.378 e. The molecule has 2 radical (unpaired) electrons. The van der Waals surface area contributed by atoms with Gasteiger partial charge in [0.15, 0.2) is 0 Å². The Bertz CT molecular complexity index is 192. The topological polar surface area (TPSA) is 9.23 Å². The van der Waals surface area contributed by atoms with Gasteiger partial charge >= 0.3 is 0 Å². The summed E-state index contributed by atoms with van der Waals surface area (Å²) in [4.78, 5) is 0. The smallest absolute Gasteiger partial charge is 0.0735 e. The molecule has 0 aromatic carbocycles. The highest BCUT2D eigenvalue weighted by Crippen LogP contribution is 2.58. The van der Waals surface area contributed by atoms with Gasteiger partial charge in [-0.3, -0.25) is 0 Å². The van der Waals surface area contributed by atoms with E-state index in [1.807, 2.05) is 0 Å². The van der Waals surface area contributed by atoms with E-state index >= 15 is 0 Å². The number of rotatable bonds is 1. The van der Waals surface area contributed by atoms with Crippen molar-refractivity contribution in [3.63, 3.8) is 0 Å². The van der Waals surface area contributed by atoms with Crippen LogP contribution < -0.4 is 0 Å². The standard InChI is InChI=1S/C10H17BO/c1-6(2)10-4-8(11)9(7(10)3)12-5-10/h6-9H,4-5H2,1-3H3/t7?,8-,9+,10+/m1/s1. The fourth-order valence-corrected chi connectivity index (χ4v) is 3.08. The van der Waals surface area contributed by atoms with Crippen molar-refractivity contribution in [1.82, 2.24) is 0 Å². The summed E-state index contributed by atoms with van der Waals surface area (Å²) in [5.41, 5.74) is 0.393. The lowest BCUT2D eigenvalue weighted by Crippen LogP contribution is -2.31. The Morgan fingerprint density at radius 2 is 2.17 bits per heavy atom. The van der Waals surface area contributed by atoms with E-state index in [-0.39, 0.29) is 5.82 Å². The van der Waals surface area contributed by atoms with E-state index in [0.717, 1.165) is 13.0 Å². The number of hydrogen-bond donors (Lipinski definition) is 0. The number of hydrogen-bond acceptors (Lipinski definition) is 1. The summed E-state index contributed by atoms with van der Waals surface area (Å²) in [6, 6.07) is 0. The van der Waals surface area contributed by atoms with E-state index in [0.29, 0.717) is 23.4 Å². The normalized spacial score (nSPS) is 52.2. The summed E-state index contributed by atoms with van der Waals surface area (Å²) in [6.45, 7) is 7.81. The molecule has 2 heteroatoms. The predicted octanol–water partition coefficient (Wildman–Crippen LogP) is 2.02. The second-order valence-corrected chi connectivity index (χ2v) is 4.82. The molecule has 1 saturated carbocycles. The first-order chi connectivity index (χ1) is 5.58. The highest BCUT2D eigenvalue weighted by Gasteiger charge is 2.56. The van der Waals surface area contributed by atoms with Crippen LogP contribution in [0.2, 0.25) is 5.82 Å². The van der Waals surface area contributed by atoms with Crippen molar-refractivity contribution in [2.75, 3.05) is 6.61 Å². The predicted molar refractivity (Wildman–Crippen MR) is 50.3 cm³/mol. The van der Waals surface area contributed by atoms with E-state index < -0.39 is 0 Å². The van der Waals surface area contributed by atoms with E-state index in [2.05, 4.69) is 20.8 Å². The van der Waals surface area contributed by atoms with Crippen LogP contribution in [0.1, 0.15) is 27.2 Å². The van der Waals surface area contributed by atoms with E-state index in [9.17, 15) is 0 Å². The highest BCUT2D eigenvalue weighted by atomic mass is 16.5. The number of fused-ring (bicyclic) bond motifs is 2. The summed E-state index contributed by atoms with van der Waals surface area (Å²) in [5.74, 6) is 1.65. The Morgan fingerprint density at radius 1 is 1.50 bits per heavy atom. The van der Waals surface area contributed by atoms with Crippen LogP contribution in [0.25, 0.3) is 0 Å². The van der Waals surface area contributed by atoms with E-state index in [4.69, 9.17) is 12.6 Å². The molecule has 0 aromatic rings. The first-order valence-corrected chi connectivity index (χ1v) is 4.95. The molecule has 2 aliphatic rings. The minimum atomic E-state index is 0.288. The van der Waals surface area contributed by atoms with Gasteiger partial charge in [-0.1, -0.05) is 26.6 Å². The second-order valence-electron chi connectivity index (χ2n) is 4.82. The maximum Gasteiger partial charge on any atom is 0.0735 e. The lowest BCUT2D eigenvalue weighted by atomic mass is 9.70. The first-order valence-electron chi connectivity index (χ1n) is 4.95. The Balaban J connectivity index is 2.27. The lowest BCUT2D eigenvalue weighted by Gasteiger charge is -2.34. The molecule has 2 fully saturated rings. The van der Waals surface area contributed by atoms with Crippen molar-refractivity contribution < 1.29 is 4.74 Å². The molecule has 1 unspecified atom stereocenters. The molecule has 1 nitrogen and oxygen atoms in total. The summed E-state index contributed by atoms with van der Waals surface area (Å²) < 4.78 is 5.72. The molecule has 0 spiro atoms. The quantitative estimate of drug-likeness (QED) is 0.538. The van der Waals surface area contributed by atoms with Crippen molar-refractivity contribution in [3.05, 3.63) is 0 Å². The minimum absolute atomic E-state index is 0.288. The van der Waals surface area contributed by atoms with Gasteiger partial charge in [-0.15, -0.1) is 0 Å². The van der Waals surface area contributed by atoms with Gasteiger partial charge in [0.25, 0.3) is 0 Å². The molecule has 0 aromatic heterocycles. The van der Waals surface area contributed by atoms with Crippen LogP contribution in [0, 0.1) is 17.3 Å². The summed E-state index contributed by atoms with van der Waals surface area (Å²) >= 11 is 0. The molecule has 0 N–H and O–H groups in total. The average Bonchev–Trinajstić information content (AvgIpc) is 2.42. The SMILES string of the molecule is [B][C@@H]1C[C@@]2(C(C)C)CO[C@H]1C2C. The average molecular weight is 164 g/mol. The Labute approximate surface area is 76.3 Å². The van der Waals surface area contributed by atoms with Crippen molar-refractivity contribution in [3.8, 4) is 0 Å². The van der Waals surface area contributed by atoms with Gasteiger partial charge in [-0.05, 0) is 18.3 Å². The fourth-order valence-electron chi connectivity index (χ4n) is 3.08. The maximum absolute atomic E-state index is 6.01. The summed E-state index contributed by atoms with van der Waals surface area (Å²) in [7, 11) is 6.01. The Hall–Kier alpha value is 0.0249. The molecule has 1 aliphatic heterocycles. The molecule has 1 aliphatic carbocycles. The van der Waals surface area contributed by atoms with Gasteiger partial charge in [0.05, 0.1) is 20.6 Å². The third-order valence-electron chi connectivity index (χ3n) is 4.13. The molecular formula is C10H17BO. The van der Waals surface area contributed by atoms with Gasteiger partial charge in [0.2, 0.25) is 0 Å². The van der Waals surface area contributed by atoms with Gasteiger partial charge in [0.1, 0.15) is 0 Å². The van der Waals surface area contributed by atoms with Crippen molar-refractivity contribution in [2.24, 2.45) is 17.3 Å². The Kier molecular flexibility index (Phi) is 1.80. The summed E-state index contributed by atoms with van der Waals surface area (Å²) in [5, 5.41) is 0. The lowest BCUT2D eigenvalue weighted by molar-refractivity contribution is 0.0355. The summed E-state index contributed by atoms with van der Waals surface area (Å²) in [6.07, 6.45) is 1.50. The molecule has 66 valence electrons. The fraction of sp³-hybridized carbons (Fsp3) is 1.00. The largest absolute Gasteiger partial charge is 0.378 e. The second kappa shape index (κ2) is 2.51. The molecule has 1 saturated heterocycles. The molecule has 2 rings (SSSR count). The molecule has 1 heterocycles. The molecule has 12 heavy (non-hydrogen) atoms. The highest BCUT2D eigenvalue weighted by molar-refractivity contribution is 6.12. The monoisotopic (exact) mass is 164 g/mol. The van der Waals surface area contributed by atoms with Crippen LogP contribution in [0.5, 0.6) is 0 Å². The third-order valence-corrected chi connectivity index (χ3v) is 4.13. The van der Waals surface area contributed by atoms with Crippen molar-refractivity contribution >= 4 is 7.85 Å². The molecule has 0 amide bonds. The van der Waals surface area contributed by atoms with Crippen LogP contribution in [0.4, 0.5) is 0 Å².